The molecule has 5 heteroatoms. The zero-order valence-electron chi connectivity index (χ0n) is 16.2. The topological polar surface area (TPSA) is 64.6 Å². The Morgan fingerprint density at radius 3 is 2.32 bits per heavy atom. The van der Waals surface area contributed by atoms with Gasteiger partial charge in [0, 0.05) is 13.0 Å². The highest BCUT2D eigenvalue weighted by molar-refractivity contribution is 5.76. The molecule has 1 saturated carbocycles. The lowest BCUT2D eigenvalue weighted by Crippen LogP contribution is -2.30. The molecule has 0 radical (unpaired) electrons. The van der Waals surface area contributed by atoms with E-state index >= 15 is 0 Å². The lowest BCUT2D eigenvalue weighted by atomic mass is 9.78. The molecule has 0 spiro atoms. The maximum Gasteiger partial charge on any atom is 0.220 e. The maximum atomic E-state index is 12.0. The second-order valence-electron chi connectivity index (χ2n) is 7.30. The van der Waals surface area contributed by atoms with Gasteiger partial charge in [-0.05, 0) is 31.6 Å². The van der Waals surface area contributed by atoms with Crippen molar-refractivity contribution < 1.29 is 19.1 Å². The second kappa shape index (κ2) is 14.3. The van der Waals surface area contributed by atoms with E-state index in [2.05, 4.69) is 12.2 Å². The molecular weight excluding hydrogens is 318 g/mol. The molecule has 1 amide bonds. The van der Waals surface area contributed by atoms with E-state index in [0.717, 1.165) is 5.92 Å². The molecule has 0 aromatic heterocycles. The normalized spacial score (nSPS) is 20.4. The average molecular weight is 356 g/mol. The predicted octanol–water partition coefficient (Wildman–Crippen LogP) is 3.50. The molecule has 1 aliphatic rings. The van der Waals surface area contributed by atoms with Gasteiger partial charge in [-0.1, -0.05) is 45.4 Å². The smallest absolute Gasteiger partial charge is 0.220 e. The second-order valence-corrected chi connectivity index (χ2v) is 7.30. The van der Waals surface area contributed by atoms with E-state index in [1.165, 1.54) is 58.3 Å². The molecule has 0 saturated heterocycles. The quantitative estimate of drug-likeness (QED) is 0.484. The first-order valence-corrected chi connectivity index (χ1v) is 10.0. The number of unbranched alkanes of at least 4 members (excludes halogenated alkanes) is 2. The molecule has 25 heavy (non-hydrogen) atoms. The van der Waals surface area contributed by atoms with Gasteiger partial charge in [-0.25, -0.2) is 0 Å². The highest BCUT2D eigenvalue weighted by Gasteiger charge is 2.22. The standard InChI is InChI=1S/C20H37NO4/c1-3-4-5-6-18-7-9-19(10-8-18)15-20(23)21-11-12-24-13-14-25-16-17(2)22/h18-19H,3-16H2,1-2H3,(H,21,23). The van der Waals surface area contributed by atoms with Crippen molar-refractivity contribution in [1.29, 1.82) is 0 Å². The Bertz CT molecular complexity index is 365. The molecule has 0 aliphatic heterocycles. The Balaban J connectivity index is 1.94. The van der Waals surface area contributed by atoms with E-state index in [1.54, 1.807) is 0 Å². The molecule has 1 N–H and O–H groups in total. The summed E-state index contributed by atoms with van der Waals surface area (Å²) in [6.07, 6.45) is 11.0. The molecule has 5 nitrogen and oxygen atoms in total. The Hall–Kier alpha value is -0.940. The van der Waals surface area contributed by atoms with E-state index in [4.69, 9.17) is 9.47 Å². The van der Waals surface area contributed by atoms with Crippen LogP contribution >= 0.6 is 0 Å². The van der Waals surface area contributed by atoms with Crippen molar-refractivity contribution >= 4 is 11.7 Å². The largest absolute Gasteiger partial charge is 0.377 e. The zero-order valence-corrected chi connectivity index (χ0v) is 16.2. The van der Waals surface area contributed by atoms with Gasteiger partial charge in [0.1, 0.15) is 6.61 Å². The zero-order chi connectivity index (χ0) is 18.3. The summed E-state index contributed by atoms with van der Waals surface area (Å²) in [5, 5.41) is 2.93. The van der Waals surface area contributed by atoms with Gasteiger partial charge < -0.3 is 14.8 Å². The predicted molar refractivity (Wildman–Crippen MR) is 99.5 cm³/mol. The Labute approximate surface area is 153 Å². The van der Waals surface area contributed by atoms with Crippen molar-refractivity contribution in [3.05, 3.63) is 0 Å². The summed E-state index contributed by atoms with van der Waals surface area (Å²) in [5.41, 5.74) is 0. The van der Waals surface area contributed by atoms with Gasteiger partial charge in [0.25, 0.3) is 0 Å². The van der Waals surface area contributed by atoms with Crippen LogP contribution in [0.2, 0.25) is 0 Å². The molecule has 0 heterocycles. The Kier molecular flexibility index (Phi) is 12.6. The molecule has 0 bridgehead atoms. The van der Waals surface area contributed by atoms with E-state index in [0.29, 0.717) is 38.7 Å². The Morgan fingerprint density at radius 1 is 0.960 bits per heavy atom. The molecule has 0 aromatic rings. The minimum Gasteiger partial charge on any atom is -0.377 e. The van der Waals surface area contributed by atoms with Gasteiger partial charge in [0.15, 0.2) is 5.78 Å². The molecule has 0 unspecified atom stereocenters. The number of hydrogen-bond donors (Lipinski definition) is 1. The van der Waals surface area contributed by atoms with Crippen LogP contribution in [0.25, 0.3) is 0 Å². The third-order valence-corrected chi connectivity index (χ3v) is 4.90. The monoisotopic (exact) mass is 355 g/mol. The van der Waals surface area contributed by atoms with Crippen molar-refractivity contribution in [1.82, 2.24) is 5.32 Å². The number of ether oxygens (including phenoxy) is 2. The summed E-state index contributed by atoms with van der Waals surface area (Å²) in [5.74, 6) is 1.61. The average Bonchev–Trinajstić information content (AvgIpc) is 2.59. The van der Waals surface area contributed by atoms with E-state index in [-0.39, 0.29) is 18.3 Å². The van der Waals surface area contributed by atoms with Gasteiger partial charge >= 0.3 is 0 Å². The van der Waals surface area contributed by atoms with Gasteiger partial charge in [-0.3, -0.25) is 9.59 Å². The maximum absolute atomic E-state index is 12.0. The van der Waals surface area contributed by atoms with Crippen LogP contribution in [0.4, 0.5) is 0 Å². The minimum absolute atomic E-state index is 0.0160. The van der Waals surface area contributed by atoms with Crippen molar-refractivity contribution in [3.63, 3.8) is 0 Å². The highest BCUT2D eigenvalue weighted by atomic mass is 16.5. The molecule has 146 valence electrons. The third kappa shape index (κ3) is 12.1. The Morgan fingerprint density at radius 2 is 1.64 bits per heavy atom. The first kappa shape index (κ1) is 22.1. The summed E-state index contributed by atoms with van der Waals surface area (Å²) in [6, 6.07) is 0. The van der Waals surface area contributed by atoms with Crippen molar-refractivity contribution in [2.24, 2.45) is 11.8 Å². The van der Waals surface area contributed by atoms with E-state index in [9.17, 15) is 9.59 Å². The molecule has 1 rings (SSSR count). The number of carbonyl (C=O) groups excluding carboxylic acids is 2. The number of nitrogens with one attached hydrogen (secondary N) is 1. The molecule has 1 fully saturated rings. The van der Waals surface area contributed by atoms with Crippen molar-refractivity contribution in [3.8, 4) is 0 Å². The lowest BCUT2D eigenvalue weighted by Gasteiger charge is -2.28. The van der Waals surface area contributed by atoms with Crippen LogP contribution in [-0.4, -0.2) is 44.7 Å². The van der Waals surface area contributed by atoms with Crippen molar-refractivity contribution in [2.75, 3.05) is 33.0 Å². The van der Waals surface area contributed by atoms with Crippen molar-refractivity contribution in [2.45, 2.75) is 71.6 Å². The first-order valence-electron chi connectivity index (χ1n) is 10.0. The van der Waals surface area contributed by atoms with E-state index < -0.39 is 0 Å². The van der Waals surface area contributed by atoms with Crippen LogP contribution in [0.5, 0.6) is 0 Å². The fraction of sp³-hybridized carbons (Fsp3) is 0.900. The summed E-state index contributed by atoms with van der Waals surface area (Å²) in [4.78, 5) is 22.7. The first-order chi connectivity index (χ1) is 12.1. The van der Waals surface area contributed by atoms with Gasteiger partial charge in [0.2, 0.25) is 5.91 Å². The van der Waals surface area contributed by atoms with Crippen LogP contribution in [0.1, 0.15) is 71.6 Å². The fourth-order valence-corrected chi connectivity index (χ4v) is 3.44. The SMILES string of the molecule is CCCCCC1CCC(CC(=O)NCCOCCOCC(C)=O)CC1. The number of hydrogen-bond acceptors (Lipinski definition) is 4. The number of amides is 1. The minimum atomic E-state index is 0.0160. The van der Waals surface area contributed by atoms with Gasteiger partial charge in [-0.15, -0.1) is 0 Å². The number of ketones is 1. The third-order valence-electron chi connectivity index (χ3n) is 4.90. The summed E-state index contributed by atoms with van der Waals surface area (Å²) < 4.78 is 10.5. The lowest BCUT2D eigenvalue weighted by molar-refractivity contribution is -0.123. The van der Waals surface area contributed by atoms with Gasteiger partial charge in [-0.2, -0.15) is 0 Å². The summed E-state index contributed by atoms with van der Waals surface area (Å²) in [6.45, 7) is 5.77. The van der Waals surface area contributed by atoms with Gasteiger partial charge in [0.05, 0.1) is 19.8 Å². The van der Waals surface area contributed by atoms with Crippen LogP contribution in [-0.2, 0) is 19.1 Å². The molecule has 1 aliphatic carbocycles. The van der Waals surface area contributed by atoms with Crippen LogP contribution in [0.3, 0.4) is 0 Å². The molecule has 0 aromatic carbocycles. The highest BCUT2D eigenvalue weighted by Crippen LogP contribution is 2.33. The van der Waals surface area contributed by atoms with Crippen LogP contribution < -0.4 is 5.32 Å². The van der Waals surface area contributed by atoms with Crippen LogP contribution in [0.15, 0.2) is 0 Å². The summed E-state index contributed by atoms with van der Waals surface area (Å²) >= 11 is 0. The molecular formula is C20H37NO4. The number of rotatable bonds is 14. The molecule has 0 atom stereocenters. The number of Topliss-reactive ketones (excluding diaryl/α,β-unsaturated/α-hetero) is 1. The van der Waals surface area contributed by atoms with Crippen LogP contribution in [0, 0.1) is 11.8 Å². The fourth-order valence-electron chi connectivity index (χ4n) is 3.44. The number of carbonyl (C=O) groups is 2. The van der Waals surface area contributed by atoms with E-state index in [1.807, 2.05) is 0 Å². The summed E-state index contributed by atoms with van der Waals surface area (Å²) in [7, 11) is 0.